The Morgan fingerprint density at radius 2 is 2.11 bits per heavy atom. The fourth-order valence-corrected chi connectivity index (χ4v) is 3.95. The molecule has 0 N–H and O–H groups in total. The van der Waals surface area contributed by atoms with Crippen molar-refractivity contribution in [2.75, 3.05) is 0 Å². The van der Waals surface area contributed by atoms with Gasteiger partial charge in [0, 0.05) is 13.0 Å². The van der Waals surface area contributed by atoms with Crippen LogP contribution in [0.4, 0.5) is 0 Å². The Balaban J connectivity index is 1.73. The molecule has 0 bridgehead atoms. The molecule has 2 aliphatic carbocycles. The van der Waals surface area contributed by atoms with Crippen LogP contribution in [-0.2, 0) is 24.7 Å². The van der Waals surface area contributed by atoms with Gasteiger partial charge in [0.05, 0.1) is 22.8 Å². The third-order valence-corrected chi connectivity index (χ3v) is 5.06. The SMILES string of the molecule is CCc1nn(C)c(CC(=O)C2C3CCCC32)c1Cl. The molecular formula is C14H19ClN2O. The van der Waals surface area contributed by atoms with E-state index in [2.05, 4.69) is 5.10 Å². The molecule has 3 rings (SSSR count). The number of carbonyl (C=O) groups excluding carboxylic acids is 1. The summed E-state index contributed by atoms with van der Waals surface area (Å²) in [7, 11) is 1.88. The molecule has 0 radical (unpaired) electrons. The molecule has 98 valence electrons. The first-order chi connectivity index (χ1) is 8.63. The summed E-state index contributed by atoms with van der Waals surface area (Å²) >= 11 is 6.28. The number of Topliss-reactive ketones (excluding diaryl/α,β-unsaturated/α-hetero) is 1. The molecule has 0 aliphatic heterocycles. The maximum atomic E-state index is 12.3. The number of fused-ring (bicyclic) bond motifs is 1. The summed E-state index contributed by atoms with van der Waals surface area (Å²) < 4.78 is 1.78. The summed E-state index contributed by atoms with van der Waals surface area (Å²) in [6.07, 6.45) is 5.09. The lowest BCUT2D eigenvalue weighted by Gasteiger charge is -2.04. The summed E-state index contributed by atoms with van der Waals surface area (Å²) in [5, 5.41) is 5.06. The Hall–Kier alpha value is -0.830. The molecule has 1 aromatic rings. The maximum Gasteiger partial charge on any atom is 0.142 e. The molecule has 4 heteroatoms. The van der Waals surface area contributed by atoms with Gasteiger partial charge in [-0.05, 0) is 31.1 Å². The zero-order chi connectivity index (χ0) is 12.9. The van der Waals surface area contributed by atoms with Crippen LogP contribution in [0.1, 0.15) is 37.6 Å². The van der Waals surface area contributed by atoms with Crippen molar-refractivity contribution in [1.82, 2.24) is 9.78 Å². The molecule has 0 aromatic carbocycles. The lowest BCUT2D eigenvalue weighted by molar-refractivity contribution is -0.120. The maximum absolute atomic E-state index is 12.3. The van der Waals surface area contributed by atoms with Crippen molar-refractivity contribution < 1.29 is 4.79 Å². The topological polar surface area (TPSA) is 34.9 Å². The average molecular weight is 267 g/mol. The molecule has 0 amide bonds. The minimum atomic E-state index is 0.329. The highest BCUT2D eigenvalue weighted by molar-refractivity contribution is 6.32. The Morgan fingerprint density at radius 1 is 1.44 bits per heavy atom. The van der Waals surface area contributed by atoms with Gasteiger partial charge in [-0.1, -0.05) is 24.9 Å². The Bertz CT molecular complexity index is 484. The van der Waals surface area contributed by atoms with E-state index in [0.29, 0.717) is 35.0 Å². The number of aromatic nitrogens is 2. The van der Waals surface area contributed by atoms with Crippen molar-refractivity contribution in [2.45, 2.75) is 39.0 Å². The van der Waals surface area contributed by atoms with Gasteiger partial charge < -0.3 is 0 Å². The second-order valence-electron chi connectivity index (χ2n) is 5.61. The van der Waals surface area contributed by atoms with Crippen LogP contribution in [0.5, 0.6) is 0 Å². The molecule has 2 atom stereocenters. The highest BCUT2D eigenvalue weighted by Crippen LogP contribution is 2.58. The number of hydrogen-bond donors (Lipinski definition) is 0. The third-order valence-electron chi connectivity index (χ3n) is 4.62. The molecule has 0 spiro atoms. The second-order valence-corrected chi connectivity index (χ2v) is 5.99. The van der Waals surface area contributed by atoms with Crippen molar-refractivity contribution in [3.05, 3.63) is 16.4 Å². The number of halogens is 1. The lowest BCUT2D eigenvalue weighted by Crippen LogP contribution is -2.12. The van der Waals surface area contributed by atoms with Crippen LogP contribution in [0.25, 0.3) is 0 Å². The van der Waals surface area contributed by atoms with Crippen LogP contribution in [0.3, 0.4) is 0 Å². The fourth-order valence-electron chi connectivity index (χ4n) is 3.59. The molecular weight excluding hydrogens is 248 g/mol. The van der Waals surface area contributed by atoms with Crippen molar-refractivity contribution >= 4 is 17.4 Å². The van der Waals surface area contributed by atoms with Crippen molar-refractivity contribution in [1.29, 1.82) is 0 Å². The summed E-state index contributed by atoms with van der Waals surface area (Å²) in [5.74, 6) is 2.08. The molecule has 1 heterocycles. The second kappa shape index (κ2) is 4.37. The standard InChI is InChI=1S/C14H19ClN2O/c1-3-10-14(15)11(17(2)16-10)7-12(18)13-8-5-4-6-9(8)13/h8-9,13H,3-7H2,1-2H3. The molecule has 2 aliphatic rings. The zero-order valence-electron chi connectivity index (χ0n) is 10.9. The van der Waals surface area contributed by atoms with Gasteiger partial charge in [-0.15, -0.1) is 0 Å². The normalized spacial score (nSPS) is 29.4. The van der Waals surface area contributed by atoms with E-state index in [1.807, 2.05) is 14.0 Å². The van der Waals surface area contributed by atoms with E-state index in [1.54, 1.807) is 4.68 Å². The molecule has 0 saturated heterocycles. The first kappa shape index (κ1) is 12.2. The summed E-state index contributed by atoms with van der Waals surface area (Å²) in [4.78, 5) is 12.3. The Labute approximate surface area is 113 Å². The van der Waals surface area contributed by atoms with Gasteiger partial charge >= 0.3 is 0 Å². The first-order valence-electron chi connectivity index (χ1n) is 6.86. The quantitative estimate of drug-likeness (QED) is 0.840. The van der Waals surface area contributed by atoms with Crippen LogP contribution in [0.2, 0.25) is 5.02 Å². The zero-order valence-corrected chi connectivity index (χ0v) is 11.7. The molecule has 3 nitrogen and oxygen atoms in total. The smallest absolute Gasteiger partial charge is 0.142 e. The van der Waals surface area contributed by atoms with E-state index in [1.165, 1.54) is 19.3 Å². The predicted molar refractivity (Wildman–Crippen MR) is 70.6 cm³/mol. The highest BCUT2D eigenvalue weighted by Gasteiger charge is 2.55. The van der Waals surface area contributed by atoms with E-state index in [0.717, 1.165) is 17.8 Å². The minimum Gasteiger partial charge on any atom is -0.299 e. The molecule has 2 saturated carbocycles. The van der Waals surface area contributed by atoms with Gasteiger partial charge in [-0.25, -0.2) is 0 Å². The average Bonchev–Trinajstić information content (AvgIpc) is 2.71. The van der Waals surface area contributed by atoms with E-state index in [-0.39, 0.29) is 0 Å². The molecule has 1 aromatic heterocycles. The van der Waals surface area contributed by atoms with E-state index >= 15 is 0 Å². The van der Waals surface area contributed by atoms with Crippen molar-refractivity contribution in [2.24, 2.45) is 24.8 Å². The number of carbonyl (C=O) groups is 1. The molecule has 2 fully saturated rings. The molecule has 2 unspecified atom stereocenters. The van der Waals surface area contributed by atoms with E-state index in [4.69, 9.17) is 11.6 Å². The van der Waals surface area contributed by atoms with E-state index in [9.17, 15) is 4.79 Å². The van der Waals surface area contributed by atoms with Crippen molar-refractivity contribution in [3.63, 3.8) is 0 Å². The van der Waals surface area contributed by atoms with E-state index < -0.39 is 0 Å². The van der Waals surface area contributed by atoms with Crippen LogP contribution in [-0.4, -0.2) is 15.6 Å². The number of nitrogens with zero attached hydrogens (tertiary/aromatic N) is 2. The minimum absolute atomic E-state index is 0.329. The van der Waals surface area contributed by atoms with Gasteiger partial charge in [0.1, 0.15) is 5.78 Å². The number of hydrogen-bond acceptors (Lipinski definition) is 2. The predicted octanol–water partition coefficient (Wildman–Crippen LogP) is 2.79. The summed E-state index contributed by atoms with van der Waals surface area (Å²) in [6.45, 7) is 2.03. The Kier molecular flexibility index (Phi) is 2.97. The number of aryl methyl sites for hydroxylation is 2. The van der Waals surface area contributed by atoms with Gasteiger partial charge in [-0.2, -0.15) is 5.10 Å². The Morgan fingerprint density at radius 3 is 2.67 bits per heavy atom. The van der Waals surface area contributed by atoms with Crippen molar-refractivity contribution in [3.8, 4) is 0 Å². The number of rotatable bonds is 4. The van der Waals surface area contributed by atoms with Gasteiger partial charge in [0.25, 0.3) is 0 Å². The summed E-state index contributed by atoms with van der Waals surface area (Å²) in [6, 6.07) is 0. The highest BCUT2D eigenvalue weighted by atomic mass is 35.5. The van der Waals surface area contributed by atoms with Gasteiger partial charge in [0.2, 0.25) is 0 Å². The number of ketones is 1. The summed E-state index contributed by atoms with van der Waals surface area (Å²) in [5.41, 5.74) is 1.79. The van der Waals surface area contributed by atoms with Gasteiger partial charge in [-0.3, -0.25) is 9.48 Å². The van der Waals surface area contributed by atoms with Crippen LogP contribution >= 0.6 is 11.6 Å². The fraction of sp³-hybridized carbons (Fsp3) is 0.714. The first-order valence-corrected chi connectivity index (χ1v) is 7.24. The third kappa shape index (κ3) is 1.80. The van der Waals surface area contributed by atoms with Crippen LogP contribution in [0.15, 0.2) is 0 Å². The van der Waals surface area contributed by atoms with Crippen LogP contribution < -0.4 is 0 Å². The largest absolute Gasteiger partial charge is 0.299 e. The monoisotopic (exact) mass is 266 g/mol. The molecule has 18 heavy (non-hydrogen) atoms. The lowest BCUT2D eigenvalue weighted by atomic mass is 10.0. The van der Waals surface area contributed by atoms with Crippen LogP contribution in [0, 0.1) is 17.8 Å². The van der Waals surface area contributed by atoms with Gasteiger partial charge in [0.15, 0.2) is 0 Å².